The molecule has 0 saturated carbocycles. The summed E-state index contributed by atoms with van der Waals surface area (Å²) < 4.78 is 24.7. The summed E-state index contributed by atoms with van der Waals surface area (Å²) in [5.41, 5.74) is 0. The molecule has 2 aliphatic heterocycles. The molecular formula is C10H20N2O2S2. The number of hydrogen-bond acceptors (Lipinski definition) is 4. The first kappa shape index (κ1) is 12.7. The maximum Gasteiger partial charge on any atom is 0.214 e. The van der Waals surface area contributed by atoms with Gasteiger partial charge in [-0.1, -0.05) is 0 Å². The molecule has 2 heterocycles. The van der Waals surface area contributed by atoms with E-state index in [9.17, 15) is 8.42 Å². The van der Waals surface area contributed by atoms with Crippen LogP contribution < -0.4 is 5.32 Å². The van der Waals surface area contributed by atoms with Crippen molar-refractivity contribution in [1.29, 1.82) is 0 Å². The zero-order chi connectivity index (χ0) is 11.4. The van der Waals surface area contributed by atoms with E-state index in [0.29, 0.717) is 24.9 Å². The van der Waals surface area contributed by atoms with Crippen LogP contribution in [0.3, 0.4) is 0 Å². The van der Waals surface area contributed by atoms with Crippen molar-refractivity contribution in [3.05, 3.63) is 0 Å². The Morgan fingerprint density at radius 2 is 2.25 bits per heavy atom. The second-order valence-electron chi connectivity index (χ2n) is 4.44. The lowest BCUT2D eigenvalue weighted by Crippen LogP contribution is -2.40. The van der Waals surface area contributed by atoms with Gasteiger partial charge in [-0.05, 0) is 25.0 Å². The zero-order valence-corrected chi connectivity index (χ0v) is 11.2. The van der Waals surface area contributed by atoms with Crippen molar-refractivity contribution in [2.45, 2.75) is 25.3 Å². The fourth-order valence-corrected chi connectivity index (χ4v) is 4.87. The van der Waals surface area contributed by atoms with E-state index in [-0.39, 0.29) is 0 Å². The molecule has 0 spiro atoms. The molecule has 0 radical (unpaired) electrons. The van der Waals surface area contributed by atoms with Crippen LogP contribution in [0.5, 0.6) is 0 Å². The number of sulfonamides is 1. The lowest BCUT2D eigenvalue weighted by molar-refractivity contribution is 0.413. The van der Waals surface area contributed by atoms with Gasteiger partial charge in [-0.25, -0.2) is 12.7 Å². The van der Waals surface area contributed by atoms with E-state index in [1.807, 2.05) is 11.8 Å². The predicted molar refractivity (Wildman–Crippen MR) is 68.3 cm³/mol. The van der Waals surface area contributed by atoms with Crippen molar-refractivity contribution < 1.29 is 8.42 Å². The summed E-state index contributed by atoms with van der Waals surface area (Å²) in [7, 11) is -2.90. The first-order valence-corrected chi connectivity index (χ1v) is 8.74. The van der Waals surface area contributed by atoms with Gasteiger partial charge in [0.05, 0.1) is 5.75 Å². The van der Waals surface area contributed by atoms with Crippen LogP contribution in [0.1, 0.15) is 19.3 Å². The molecule has 6 heteroatoms. The molecule has 0 aromatic heterocycles. The number of thioether (sulfide) groups is 1. The number of hydrogen-bond donors (Lipinski definition) is 1. The van der Waals surface area contributed by atoms with Crippen LogP contribution >= 0.6 is 11.8 Å². The molecular weight excluding hydrogens is 244 g/mol. The summed E-state index contributed by atoms with van der Waals surface area (Å²) in [6.45, 7) is 2.15. The zero-order valence-electron chi connectivity index (χ0n) is 9.52. The predicted octanol–water partition coefficient (Wildman–Crippen LogP) is 0.507. The van der Waals surface area contributed by atoms with Gasteiger partial charge >= 0.3 is 0 Å². The first-order chi connectivity index (χ1) is 7.68. The largest absolute Gasteiger partial charge is 0.312 e. The smallest absolute Gasteiger partial charge is 0.214 e. The normalized spacial score (nSPS) is 30.6. The Kier molecular flexibility index (Phi) is 4.52. The van der Waals surface area contributed by atoms with Crippen LogP contribution in [0, 0.1) is 0 Å². The molecule has 0 amide bonds. The summed E-state index contributed by atoms with van der Waals surface area (Å²) in [6.07, 6.45) is 3.31. The molecule has 2 aliphatic rings. The monoisotopic (exact) mass is 264 g/mol. The van der Waals surface area contributed by atoms with E-state index in [1.54, 1.807) is 4.31 Å². The molecule has 1 N–H and O–H groups in total. The average Bonchev–Trinajstić information content (AvgIpc) is 2.60. The van der Waals surface area contributed by atoms with Gasteiger partial charge in [0.2, 0.25) is 10.0 Å². The van der Waals surface area contributed by atoms with Gasteiger partial charge in [0, 0.05) is 31.4 Å². The van der Waals surface area contributed by atoms with E-state index in [1.165, 1.54) is 24.3 Å². The Balaban J connectivity index is 1.67. The maximum atomic E-state index is 11.5. The highest BCUT2D eigenvalue weighted by atomic mass is 32.2. The van der Waals surface area contributed by atoms with Crippen LogP contribution in [-0.4, -0.2) is 55.7 Å². The van der Waals surface area contributed by atoms with Gasteiger partial charge in [0.25, 0.3) is 0 Å². The molecule has 1 atom stereocenters. The Bertz CT molecular complexity index is 313. The van der Waals surface area contributed by atoms with Gasteiger partial charge in [-0.3, -0.25) is 0 Å². The third-order valence-corrected chi connectivity index (χ3v) is 6.33. The van der Waals surface area contributed by atoms with E-state index < -0.39 is 10.0 Å². The summed E-state index contributed by atoms with van der Waals surface area (Å²) in [5.74, 6) is 2.79. The molecule has 16 heavy (non-hydrogen) atoms. The van der Waals surface area contributed by atoms with Crippen molar-refractivity contribution in [3.63, 3.8) is 0 Å². The third kappa shape index (κ3) is 3.35. The third-order valence-electron chi connectivity index (χ3n) is 3.16. The maximum absolute atomic E-state index is 11.5. The van der Waals surface area contributed by atoms with Gasteiger partial charge in [-0.2, -0.15) is 11.8 Å². The molecule has 4 nitrogen and oxygen atoms in total. The Labute approximate surface area is 102 Å². The fourth-order valence-electron chi connectivity index (χ4n) is 2.24. The minimum Gasteiger partial charge on any atom is -0.312 e. The average molecular weight is 264 g/mol. The van der Waals surface area contributed by atoms with Crippen LogP contribution in [0.2, 0.25) is 0 Å². The second kappa shape index (κ2) is 5.71. The Hall–Kier alpha value is 0.220. The number of rotatable bonds is 4. The summed E-state index contributed by atoms with van der Waals surface area (Å²) in [6, 6.07) is 0.587. The van der Waals surface area contributed by atoms with Crippen molar-refractivity contribution in [3.8, 4) is 0 Å². The second-order valence-corrected chi connectivity index (χ2v) is 7.68. The minimum atomic E-state index is -2.90. The van der Waals surface area contributed by atoms with Crippen molar-refractivity contribution in [1.82, 2.24) is 9.62 Å². The molecule has 0 aliphatic carbocycles. The van der Waals surface area contributed by atoms with Crippen molar-refractivity contribution in [2.75, 3.05) is 36.9 Å². The minimum absolute atomic E-state index is 0.340. The van der Waals surface area contributed by atoms with E-state index >= 15 is 0 Å². The Morgan fingerprint density at radius 1 is 1.38 bits per heavy atom. The topological polar surface area (TPSA) is 49.4 Å². The number of nitrogens with one attached hydrogen (secondary N) is 1. The SMILES string of the molecule is O=S1(=O)CCCN1CCNC1CCCSC1. The van der Waals surface area contributed by atoms with E-state index in [4.69, 9.17) is 0 Å². The molecule has 2 rings (SSSR count). The lowest BCUT2D eigenvalue weighted by atomic mass is 10.2. The molecule has 0 aromatic carbocycles. The molecule has 94 valence electrons. The number of nitrogens with zero attached hydrogens (tertiary/aromatic N) is 1. The van der Waals surface area contributed by atoms with Gasteiger partial charge in [0.1, 0.15) is 0 Å². The van der Waals surface area contributed by atoms with E-state index in [0.717, 1.165) is 13.0 Å². The fraction of sp³-hybridized carbons (Fsp3) is 1.00. The molecule has 1 unspecified atom stereocenters. The van der Waals surface area contributed by atoms with Crippen molar-refractivity contribution in [2.24, 2.45) is 0 Å². The molecule has 2 saturated heterocycles. The lowest BCUT2D eigenvalue weighted by Gasteiger charge is -2.23. The summed E-state index contributed by atoms with van der Waals surface area (Å²) in [5, 5.41) is 3.46. The highest BCUT2D eigenvalue weighted by Gasteiger charge is 2.27. The highest BCUT2D eigenvalue weighted by molar-refractivity contribution is 7.99. The van der Waals surface area contributed by atoms with Gasteiger partial charge < -0.3 is 5.32 Å². The van der Waals surface area contributed by atoms with Crippen molar-refractivity contribution >= 4 is 21.8 Å². The molecule has 0 aromatic rings. The summed E-state index contributed by atoms with van der Waals surface area (Å²) in [4.78, 5) is 0. The van der Waals surface area contributed by atoms with E-state index in [2.05, 4.69) is 5.32 Å². The first-order valence-electron chi connectivity index (χ1n) is 5.97. The van der Waals surface area contributed by atoms with Crippen LogP contribution in [0.4, 0.5) is 0 Å². The van der Waals surface area contributed by atoms with Gasteiger partial charge in [0.15, 0.2) is 0 Å². The van der Waals surface area contributed by atoms with Crippen LogP contribution in [-0.2, 0) is 10.0 Å². The standard InChI is InChI=1S/C10H20N2O2S2/c13-16(14)8-2-5-12(16)6-4-11-10-3-1-7-15-9-10/h10-11H,1-9H2. The van der Waals surface area contributed by atoms with Crippen LogP contribution in [0.25, 0.3) is 0 Å². The molecule has 0 bridgehead atoms. The van der Waals surface area contributed by atoms with Gasteiger partial charge in [-0.15, -0.1) is 0 Å². The molecule has 2 fully saturated rings. The van der Waals surface area contributed by atoms with Crippen LogP contribution in [0.15, 0.2) is 0 Å². The highest BCUT2D eigenvalue weighted by Crippen LogP contribution is 2.17. The summed E-state index contributed by atoms with van der Waals surface area (Å²) >= 11 is 1.99. The Morgan fingerprint density at radius 3 is 2.88 bits per heavy atom. The quantitative estimate of drug-likeness (QED) is 0.804.